The summed E-state index contributed by atoms with van der Waals surface area (Å²) in [5.74, 6) is 2.21. The van der Waals surface area contributed by atoms with Gasteiger partial charge in [-0.2, -0.15) is 5.10 Å². The topological polar surface area (TPSA) is 52.6 Å². The third-order valence-electron chi connectivity index (χ3n) is 14.1. The van der Waals surface area contributed by atoms with Crippen LogP contribution in [0.15, 0.2) is 218 Å². The van der Waals surface area contributed by atoms with Crippen LogP contribution in [-0.2, 0) is 12.8 Å². The molecule has 2 atom stereocenters. The Morgan fingerprint density at radius 3 is 1.90 bits per heavy atom. The van der Waals surface area contributed by atoms with Crippen molar-refractivity contribution in [3.63, 3.8) is 0 Å². The van der Waals surface area contributed by atoms with Crippen molar-refractivity contribution in [2.75, 3.05) is 0 Å². The Bertz CT molecular complexity index is 3950. The zero-order valence-corrected chi connectivity index (χ0v) is 37.6. The Labute approximate surface area is 394 Å². The fraction of sp³-hybridized carbons (Fsp3) is 0.0794. The van der Waals surface area contributed by atoms with E-state index in [-0.39, 0.29) is 11.8 Å². The summed E-state index contributed by atoms with van der Waals surface area (Å²) in [6, 6.07) is 58.8. The monoisotopic (exact) mass is 875 g/mol. The Balaban J connectivity index is 1.01. The molecule has 5 nitrogen and oxygen atoms in total. The smallest absolute Gasteiger partial charge is 0.135 e. The van der Waals surface area contributed by atoms with Gasteiger partial charge >= 0.3 is 0 Å². The predicted octanol–water partition coefficient (Wildman–Crippen LogP) is 16.2. The molecule has 2 unspecified atom stereocenters. The first kappa shape index (κ1) is 39.8. The first-order chi connectivity index (χ1) is 33.5. The molecule has 0 radical (unpaired) electrons. The maximum atomic E-state index is 6.51. The van der Waals surface area contributed by atoms with Gasteiger partial charge in [0.15, 0.2) is 0 Å². The Kier molecular flexibility index (Phi) is 9.26. The standard InChI is InChI=1S/C63H45N3O2/c1-4-12-39-18-24-59-51(28-39)52-34-44(21-26-60(52)67-59)46-30-45(31-47(32-46)48-23-27-62-63(38(48)3)53-29-40(13-5-2)19-25-61(53)68-62)43-20-22-49-50(33-43)57-36-56(42-16-10-7-11-17-42)65-66(57)58-35-55(64-37-54(49)58)41-14-8-6-9-15-41/h4-11,14-38,63H,1-2,12-13H2,3H3. The fourth-order valence-corrected chi connectivity index (χ4v) is 10.8. The van der Waals surface area contributed by atoms with Crippen LogP contribution in [0.2, 0.25) is 0 Å². The SMILES string of the molecule is C=CCc1ccc2c(c1)C1C(=CC=C(c3cc(-c4ccc5oc6ccc(CC=C)cc6c5c4)cc(-c4ccc5c6cnc(-c7ccccc7)cc6n6nc(-c7ccccc7)cc6c5c4)c3)C1C)O2. The zero-order chi connectivity index (χ0) is 45.5. The van der Waals surface area contributed by atoms with Crippen molar-refractivity contribution in [1.82, 2.24) is 14.6 Å². The lowest BCUT2D eigenvalue weighted by atomic mass is 9.75. The lowest BCUT2D eigenvalue weighted by Crippen LogP contribution is -2.15. The third kappa shape index (κ3) is 6.53. The van der Waals surface area contributed by atoms with Crippen LogP contribution in [0.3, 0.4) is 0 Å². The molecule has 7 aromatic carbocycles. The molecule has 0 spiro atoms. The van der Waals surface area contributed by atoms with E-state index >= 15 is 0 Å². The number of hydrogen-bond donors (Lipinski definition) is 0. The maximum absolute atomic E-state index is 6.51. The van der Waals surface area contributed by atoms with Crippen molar-refractivity contribution >= 4 is 54.7 Å². The van der Waals surface area contributed by atoms with Crippen molar-refractivity contribution in [1.29, 1.82) is 0 Å². The molecule has 5 heterocycles. The second-order valence-electron chi connectivity index (χ2n) is 18.3. The van der Waals surface area contributed by atoms with Crippen LogP contribution in [0.4, 0.5) is 0 Å². The predicted molar refractivity (Wildman–Crippen MR) is 280 cm³/mol. The van der Waals surface area contributed by atoms with E-state index < -0.39 is 0 Å². The van der Waals surface area contributed by atoms with Crippen molar-refractivity contribution in [2.24, 2.45) is 5.92 Å². The van der Waals surface area contributed by atoms with E-state index in [0.29, 0.717) is 0 Å². The van der Waals surface area contributed by atoms with Gasteiger partial charge in [0.1, 0.15) is 22.7 Å². The number of rotatable bonds is 9. The van der Waals surface area contributed by atoms with E-state index in [9.17, 15) is 0 Å². The molecule has 0 fully saturated rings. The molecule has 0 amide bonds. The van der Waals surface area contributed by atoms with Crippen LogP contribution in [0.5, 0.6) is 5.75 Å². The van der Waals surface area contributed by atoms with Gasteiger partial charge in [0.2, 0.25) is 0 Å². The van der Waals surface area contributed by atoms with Crippen LogP contribution in [0.25, 0.3) is 99.5 Å². The van der Waals surface area contributed by atoms with Gasteiger partial charge < -0.3 is 9.15 Å². The summed E-state index contributed by atoms with van der Waals surface area (Å²) in [4.78, 5) is 5.02. The van der Waals surface area contributed by atoms with E-state index in [0.717, 1.165) is 118 Å². The van der Waals surface area contributed by atoms with Crippen molar-refractivity contribution in [2.45, 2.75) is 25.7 Å². The van der Waals surface area contributed by atoms with Crippen LogP contribution in [0.1, 0.15) is 35.1 Å². The van der Waals surface area contributed by atoms with Gasteiger partial charge in [0.25, 0.3) is 0 Å². The molecule has 0 N–H and O–H groups in total. The van der Waals surface area contributed by atoms with Gasteiger partial charge in [-0.1, -0.05) is 122 Å². The first-order valence-electron chi connectivity index (χ1n) is 23.4. The van der Waals surface area contributed by atoms with Gasteiger partial charge in [0, 0.05) is 44.4 Å². The molecule has 4 aromatic heterocycles. The summed E-state index contributed by atoms with van der Waals surface area (Å²) >= 11 is 0. The van der Waals surface area contributed by atoms with Crippen molar-refractivity contribution < 1.29 is 9.15 Å². The normalized spacial score (nSPS) is 15.4. The molecular formula is C63H45N3O2. The number of benzene rings is 7. The quantitative estimate of drug-likeness (QED) is 0.107. The number of aromatic nitrogens is 3. The van der Waals surface area contributed by atoms with Gasteiger partial charge in [0.05, 0.1) is 28.3 Å². The Morgan fingerprint density at radius 2 is 1.15 bits per heavy atom. The molecule has 2 aliphatic rings. The minimum Gasteiger partial charge on any atom is -0.461 e. The number of pyridine rings is 2. The number of ether oxygens (including phenoxy) is 1. The maximum Gasteiger partial charge on any atom is 0.135 e. The van der Waals surface area contributed by atoms with Crippen LogP contribution in [0, 0.1) is 5.92 Å². The third-order valence-corrected chi connectivity index (χ3v) is 14.1. The van der Waals surface area contributed by atoms with E-state index in [1.807, 2.05) is 30.5 Å². The molecule has 0 saturated carbocycles. The molecule has 13 rings (SSSR count). The van der Waals surface area contributed by atoms with Crippen LogP contribution >= 0.6 is 0 Å². The highest BCUT2D eigenvalue weighted by Gasteiger charge is 2.38. The fourth-order valence-electron chi connectivity index (χ4n) is 10.8. The molecule has 0 bridgehead atoms. The lowest BCUT2D eigenvalue weighted by Gasteiger charge is -2.27. The molecular weight excluding hydrogens is 831 g/mol. The lowest BCUT2D eigenvalue weighted by molar-refractivity contribution is 0.407. The second kappa shape index (κ2) is 15.8. The van der Waals surface area contributed by atoms with Crippen LogP contribution < -0.4 is 4.74 Å². The van der Waals surface area contributed by atoms with Crippen molar-refractivity contribution in [3.05, 3.63) is 235 Å². The van der Waals surface area contributed by atoms with E-state index in [2.05, 4.69) is 188 Å². The summed E-state index contributed by atoms with van der Waals surface area (Å²) in [6.07, 6.45) is 12.0. The highest BCUT2D eigenvalue weighted by Crippen LogP contribution is 2.52. The van der Waals surface area contributed by atoms with Gasteiger partial charge in [-0.25, -0.2) is 4.52 Å². The summed E-state index contributed by atoms with van der Waals surface area (Å²) in [5, 5.41) is 10.8. The number of furan rings is 1. The van der Waals surface area contributed by atoms with Crippen molar-refractivity contribution in [3.8, 4) is 50.5 Å². The number of nitrogens with zero attached hydrogens (tertiary/aromatic N) is 3. The highest BCUT2D eigenvalue weighted by atomic mass is 16.5. The minimum absolute atomic E-state index is 0.110. The summed E-state index contributed by atoms with van der Waals surface area (Å²) < 4.78 is 15.0. The first-order valence-corrected chi connectivity index (χ1v) is 23.4. The highest BCUT2D eigenvalue weighted by molar-refractivity contribution is 6.14. The van der Waals surface area contributed by atoms with E-state index in [1.54, 1.807) is 0 Å². The number of allylic oxidation sites excluding steroid dienone is 6. The number of fused-ring (bicyclic) bond motifs is 12. The number of hydrogen-bond acceptors (Lipinski definition) is 4. The zero-order valence-electron chi connectivity index (χ0n) is 37.6. The summed E-state index contributed by atoms with van der Waals surface area (Å²) in [6.45, 7) is 10.3. The molecule has 0 saturated heterocycles. The van der Waals surface area contributed by atoms with Crippen LogP contribution in [-0.4, -0.2) is 14.6 Å². The molecule has 1 aliphatic heterocycles. The van der Waals surface area contributed by atoms with Gasteiger partial charge in [-0.05, 0) is 141 Å². The Hall–Kier alpha value is -8.54. The largest absolute Gasteiger partial charge is 0.461 e. The molecule has 1 aliphatic carbocycles. The molecule has 324 valence electrons. The Morgan fingerprint density at radius 1 is 0.529 bits per heavy atom. The summed E-state index contributed by atoms with van der Waals surface area (Å²) in [5.41, 5.74) is 18.4. The van der Waals surface area contributed by atoms with E-state index in [4.69, 9.17) is 19.2 Å². The van der Waals surface area contributed by atoms with Gasteiger partial charge in [-0.3, -0.25) is 4.98 Å². The minimum atomic E-state index is 0.110. The van der Waals surface area contributed by atoms with Gasteiger partial charge in [-0.15, -0.1) is 13.2 Å². The summed E-state index contributed by atoms with van der Waals surface area (Å²) in [7, 11) is 0. The average molecular weight is 876 g/mol. The average Bonchev–Trinajstić information content (AvgIpc) is 4.11. The molecule has 11 aromatic rings. The van der Waals surface area contributed by atoms with E-state index in [1.165, 1.54) is 27.8 Å². The molecule has 68 heavy (non-hydrogen) atoms. The molecule has 5 heteroatoms. The second-order valence-corrected chi connectivity index (χ2v) is 18.3.